The molecule has 1 N–H and O–H groups in total. The molecule has 0 bridgehead atoms. The first-order valence-corrected chi connectivity index (χ1v) is 7.29. The first-order chi connectivity index (χ1) is 8.60. The molecule has 0 amide bonds. The summed E-state index contributed by atoms with van der Waals surface area (Å²) < 4.78 is 2.68. The molecule has 5 heteroatoms. The fraction of sp³-hybridized carbons (Fsp3) is 0.462. The molecule has 0 radical (unpaired) electrons. The zero-order valence-electron chi connectivity index (χ0n) is 10.9. The van der Waals surface area contributed by atoms with E-state index in [1.807, 2.05) is 30.2 Å². The van der Waals surface area contributed by atoms with E-state index in [0.29, 0.717) is 6.04 Å². The number of nitrogens with zero attached hydrogens (tertiary/aromatic N) is 2. The molecular formula is C13H18ClN3S. The van der Waals surface area contributed by atoms with Crippen molar-refractivity contribution in [1.29, 1.82) is 0 Å². The van der Waals surface area contributed by atoms with E-state index in [-0.39, 0.29) is 6.04 Å². The number of thiophene rings is 1. The second-order valence-corrected chi connectivity index (χ2v) is 6.19. The molecule has 2 aromatic rings. The molecule has 2 atom stereocenters. The average molecular weight is 284 g/mol. The largest absolute Gasteiger partial charge is 0.303 e. The zero-order valence-corrected chi connectivity index (χ0v) is 12.4. The van der Waals surface area contributed by atoms with Crippen LogP contribution in [0.5, 0.6) is 0 Å². The first-order valence-electron chi connectivity index (χ1n) is 6.10. The molecule has 18 heavy (non-hydrogen) atoms. The molecule has 0 aromatic carbocycles. The van der Waals surface area contributed by atoms with Gasteiger partial charge in [-0.15, -0.1) is 11.3 Å². The molecule has 0 aliphatic rings. The van der Waals surface area contributed by atoms with Gasteiger partial charge in [-0.2, -0.15) is 5.10 Å². The lowest BCUT2D eigenvalue weighted by Crippen LogP contribution is -2.23. The molecular weight excluding hydrogens is 266 g/mol. The molecule has 0 unspecified atom stereocenters. The van der Waals surface area contributed by atoms with Crippen LogP contribution in [0.1, 0.15) is 42.8 Å². The SMILES string of the molecule is CC[C@@H](N[C@@H](C)c1cnn(C)c1)c1ccc(Cl)s1. The van der Waals surface area contributed by atoms with Gasteiger partial charge in [-0.3, -0.25) is 4.68 Å². The second-order valence-electron chi connectivity index (χ2n) is 4.44. The van der Waals surface area contributed by atoms with Gasteiger partial charge in [0.25, 0.3) is 0 Å². The minimum absolute atomic E-state index is 0.282. The Morgan fingerprint density at radius 3 is 2.78 bits per heavy atom. The summed E-state index contributed by atoms with van der Waals surface area (Å²) in [6.45, 7) is 4.34. The highest BCUT2D eigenvalue weighted by Crippen LogP contribution is 2.30. The summed E-state index contributed by atoms with van der Waals surface area (Å²) in [5.41, 5.74) is 1.21. The van der Waals surface area contributed by atoms with Crippen molar-refractivity contribution in [2.75, 3.05) is 0 Å². The Bertz CT molecular complexity index is 506. The minimum Gasteiger partial charge on any atom is -0.303 e. The van der Waals surface area contributed by atoms with Crippen LogP contribution in [-0.4, -0.2) is 9.78 Å². The summed E-state index contributed by atoms with van der Waals surface area (Å²) >= 11 is 7.64. The number of rotatable bonds is 5. The third kappa shape index (κ3) is 3.13. The molecule has 0 saturated carbocycles. The quantitative estimate of drug-likeness (QED) is 0.901. The Balaban J connectivity index is 2.06. The number of halogens is 1. The molecule has 3 nitrogen and oxygen atoms in total. The van der Waals surface area contributed by atoms with Gasteiger partial charge in [0.15, 0.2) is 0 Å². The lowest BCUT2D eigenvalue weighted by Gasteiger charge is -2.20. The summed E-state index contributed by atoms with van der Waals surface area (Å²) in [5.74, 6) is 0. The Kier molecular flexibility index (Phi) is 4.43. The topological polar surface area (TPSA) is 29.9 Å². The van der Waals surface area contributed by atoms with Crippen LogP contribution in [0.3, 0.4) is 0 Å². The van der Waals surface area contributed by atoms with E-state index >= 15 is 0 Å². The Hall–Kier alpha value is -0.840. The predicted octanol–water partition coefficient (Wildman–Crippen LogP) is 3.94. The van der Waals surface area contributed by atoms with Crippen LogP contribution < -0.4 is 5.32 Å². The standard InChI is InChI=1S/C13H18ClN3S/c1-4-11(12-5-6-13(14)18-12)16-9(2)10-7-15-17(3)8-10/h5-9,11,16H,4H2,1-3H3/t9-,11+/m0/s1. The number of nitrogens with one attached hydrogen (secondary N) is 1. The van der Waals surface area contributed by atoms with Gasteiger partial charge in [-0.25, -0.2) is 0 Å². The number of hydrogen-bond acceptors (Lipinski definition) is 3. The average Bonchev–Trinajstić information content (AvgIpc) is 2.94. The van der Waals surface area contributed by atoms with Gasteiger partial charge in [0, 0.05) is 35.8 Å². The van der Waals surface area contributed by atoms with E-state index < -0.39 is 0 Å². The molecule has 98 valence electrons. The van der Waals surface area contributed by atoms with E-state index in [9.17, 15) is 0 Å². The van der Waals surface area contributed by atoms with Crippen molar-refractivity contribution in [3.05, 3.63) is 39.3 Å². The summed E-state index contributed by atoms with van der Waals surface area (Å²) in [5, 5.41) is 7.83. The molecule has 0 saturated heterocycles. The van der Waals surface area contributed by atoms with Crippen molar-refractivity contribution in [2.45, 2.75) is 32.4 Å². The molecule has 2 rings (SSSR count). The third-order valence-electron chi connectivity index (χ3n) is 3.02. The second kappa shape index (κ2) is 5.87. The summed E-state index contributed by atoms with van der Waals surface area (Å²) in [4.78, 5) is 1.29. The van der Waals surface area contributed by atoms with Crippen LogP contribution in [0, 0.1) is 0 Å². The number of aryl methyl sites for hydroxylation is 1. The summed E-state index contributed by atoms with van der Waals surface area (Å²) in [6.07, 6.45) is 5.00. The maximum atomic E-state index is 6.00. The van der Waals surface area contributed by atoms with Crippen molar-refractivity contribution < 1.29 is 0 Å². The van der Waals surface area contributed by atoms with Crippen LogP contribution in [0.15, 0.2) is 24.5 Å². The summed E-state index contributed by atoms with van der Waals surface area (Å²) in [7, 11) is 1.94. The van der Waals surface area contributed by atoms with Crippen molar-refractivity contribution in [2.24, 2.45) is 7.05 Å². The van der Waals surface area contributed by atoms with Gasteiger partial charge >= 0.3 is 0 Å². The van der Waals surface area contributed by atoms with Gasteiger partial charge < -0.3 is 5.32 Å². The minimum atomic E-state index is 0.282. The Morgan fingerprint density at radius 1 is 1.50 bits per heavy atom. The van der Waals surface area contributed by atoms with Crippen molar-refractivity contribution in [3.63, 3.8) is 0 Å². The van der Waals surface area contributed by atoms with Crippen LogP contribution in [0.2, 0.25) is 4.34 Å². The number of aromatic nitrogens is 2. The van der Waals surface area contributed by atoms with E-state index in [4.69, 9.17) is 11.6 Å². The van der Waals surface area contributed by atoms with Gasteiger partial charge in [-0.05, 0) is 25.5 Å². The Morgan fingerprint density at radius 2 is 2.28 bits per heavy atom. The maximum Gasteiger partial charge on any atom is 0.0931 e. The Labute approximate surface area is 117 Å². The zero-order chi connectivity index (χ0) is 13.1. The first kappa shape index (κ1) is 13.6. The molecule has 2 aromatic heterocycles. The molecule has 0 aliphatic heterocycles. The smallest absolute Gasteiger partial charge is 0.0931 e. The molecule has 0 aliphatic carbocycles. The van der Waals surface area contributed by atoms with Gasteiger partial charge in [-0.1, -0.05) is 18.5 Å². The van der Waals surface area contributed by atoms with Crippen molar-refractivity contribution >= 4 is 22.9 Å². The lowest BCUT2D eigenvalue weighted by molar-refractivity contribution is 0.462. The lowest BCUT2D eigenvalue weighted by atomic mass is 10.1. The highest BCUT2D eigenvalue weighted by Gasteiger charge is 2.16. The van der Waals surface area contributed by atoms with Crippen LogP contribution in [-0.2, 0) is 7.05 Å². The highest BCUT2D eigenvalue weighted by molar-refractivity contribution is 7.16. The van der Waals surface area contributed by atoms with E-state index in [1.54, 1.807) is 11.3 Å². The van der Waals surface area contributed by atoms with Crippen LogP contribution >= 0.6 is 22.9 Å². The van der Waals surface area contributed by atoms with E-state index in [2.05, 4.69) is 30.3 Å². The van der Waals surface area contributed by atoms with Gasteiger partial charge in [0.1, 0.15) is 0 Å². The van der Waals surface area contributed by atoms with Gasteiger partial charge in [0.05, 0.1) is 10.5 Å². The van der Waals surface area contributed by atoms with E-state index in [1.165, 1.54) is 10.4 Å². The molecule has 0 spiro atoms. The summed E-state index contributed by atoms with van der Waals surface area (Å²) in [6, 6.07) is 4.69. The monoisotopic (exact) mass is 283 g/mol. The fourth-order valence-electron chi connectivity index (χ4n) is 1.98. The molecule has 2 heterocycles. The fourth-order valence-corrected chi connectivity index (χ4v) is 3.18. The third-order valence-corrected chi connectivity index (χ3v) is 4.37. The van der Waals surface area contributed by atoms with Crippen LogP contribution in [0.25, 0.3) is 0 Å². The van der Waals surface area contributed by atoms with E-state index in [0.717, 1.165) is 10.8 Å². The maximum absolute atomic E-state index is 6.00. The van der Waals surface area contributed by atoms with Crippen LogP contribution in [0.4, 0.5) is 0 Å². The molecule has 0 fully saturated rings. The van der Waals surface area contributed by atoms with Crippen molar-refractivity contribution in [3.8, 4) is 0 Å². The predicted molar refractivity (Wildman–Crippen MR) is 77.1 cm³/mol. The number of hydrogen-bond donors (Lipinski definition) is 1. The van der Waals surface area contributed by atoms with Crippen molar-refractivity contribution in [1.82, 2.24) is 15.1 Å². The normalized spacial score (nSPS) is 14.7. The van der Waals surface area contributed by atoms with Gasteiger partial charge in [0.2, 0.25) is 0 Å². The highest BCUT2D eigenvalue weighted by atomic mass is 35.5.